The molecule has 1 aromatic rings. The highest BCUT2D eigenvalue weighted by molar-refractivity contribution is 5.82. The highest BCUT2D eigenvalue weighted by Crippen LogP contribution is 2.12. The molecule has 0 aliphatic heterocycles. The second-order valence-corrected chi connectivity index (χ2v) is 4.83. The van der Waals surface area contributed by atoms with Crippen LogP contribution >= 0.6 is 0 Å². The van der Waals surface area contributed by atoms with Crippen molar-refractivity contribution in [3.05, 3.63) is 29.8 Å². The predicted molar refractivity (Wildman–Crippen MR) is 79.3 cm³/mol. The van der Waals surface area contributed by atoms with Crippen LogP contribution in [0.4, 0.5) is 4.79 Å². The molecule has 0 bridgehead atoms. The SMILES string of the molecule is CCC[C@@H](NC(=O)N(C)Cc1ccc(OC)cc1)C(=O)O. The number of nitrogens with zero attached hydrogens (tertiary/aromatic N) is 1. The van der Waals surface area contributed by atoms with Crippen LogP contribution in [-0.4, -0.2) is 42.2 Å². The Morgan fingerprint density at radius 1 is 1.33 bits per heavy atom. The van der Waals surface area contributed by atoms with Crippen LogP contribution in [0.2, 0.25) is 0 Å². The molecular formula is C15H22N2O4. The van der Waals surface area contributed by atoms with Crippen LogP contribution in [0.3, 0.4) is 0 Å². The Morgan fingerprint density at radius 2 is 1.95 bits per heavy atom. The van der Waals surface area contributed by atoms with E-state index in [1.165, 1.54) is 4.90 Å². The largest absolute Gasteiger partial charge is 0.497 e. The summed E-state index contributed by atoms with van der Waals surface area (Å²) in [5.74, 6) is -0.261. The third-order valence-corrected chi connectivity index (χ3v) is 3.10. The molecule has 0 saturated carbocycles. The summed E-state index contributed by atoms with van der Waals surface area (Å²) in [4.78, 5) is 24.5. The first-order chi connectivity index (χ1) is 9.97. The Balaban J connectivity index is 2.58. The van der Waals surface area contributed by atoms with Gasteiger partial charge in [-0.05, 0) is 24.1 Å². The number of benzene rings is 1. The second kappa shape index (κ2) is 8.14. The number of ether oxygens (including phenoxy) is 1. The van der Waals surface area contributed by atoms with Gasteiger partial charge in [0, 0.05) is 13.6 Å². The Bertz CT molecular complexity index is 473. The molecule has 0 radical (unpaired) electrons. The standard InChI is InChI=1S/C15H22N2O4/c1-4-5-13(14(18)19)16-15(20)17(2)10-11-6-8-12(21-3)9-7-11/h6-9,13H,4-5,10H2,1-3H3,(H,16,20)(H,18,19)/t13-/m1/s1. The molecule has 0 unspecified atom stereocenters. The molecule has 21 heavy (non-hydrogen) atoms. The van der Waals surface area contributed by atoms with Gasteiger partial charge in [0.15, 0.2) is 0 Å². The van der Waals surface area contributed by atoms with E-state index in [1.807, 2.05) is 31.2 Å². The molecule has 0 fully saturated rings. The maximum Gasteiger partial charge on any atom is 0.326 e. The van der Waals surface area contributed by atoms with Gasteiger partial charge in [0.25, 0.3) is 0 Å². The molecule has 0 heterocycles. The quantitative estimate of drug-likeness (QED) is 0.807. The highest BCUT2D eigenvalue weighted by Gasteiger charge is 2.20. The summed E-state index contributed by atoms with van der Waals surface area (Å²) in [6.45, 7) is 2.28. The van der Waals surface area contributed by atoms with Gasteiger partial charge in [-0.25, -0.2) is 9.59 Å². The van der Waals surface area contributed by atoms with Gasteiger partial charge in [-0.15, -0.1) is 0 Å². The summed E-state index contributed by atoms with van der Waals surface area (Å²) in [6.07, 6.45) is 1.11. The zero-order chi connectivity index (χ0) is 15.8. The van der Waals surface area contributed by atoms with E-state index in [2.05, 4.69) is 5.32 Å². The van der Waals surface area contributed by atoms with Gasteiger partial charge >= 0.3 is 12.0 Å². The van der Waals surface area contributed by atoms with Crippen molar-refractivity contribution in [2.75, 3.05) is 14.2 Å². The van der Waals surface area contributed by atoms with E-state index < -0.39 is 18.0 Å². The average Bonchev–Trinajstić information content (AvgIpc) is 2.47. The zero-order valence-electron chi connectivity index (χ0n) is 12.6. The van der Waals surface area contributed by atoms with Gasteiger partial charge in [0.05, 0.1) is 7.11 Å². The van der Waals surface area contributed by atoms with Gasteiger partial charge in [-0.1, -0.05) is 25.5 Å². The zero-order valence-corrected chi connectivity index (χ0v) is 12.6. The van der Waals surface area contributed by atoms with Gasteiger partial charge in [0.2, 0.25) is 0 Å². The van der Waals surface area contributed by atoms with Crippen molar-refractivity contribution in [3.8, 4) is 5.75 Å². The summed E-state index contributed by atoms with van der Waals surface area (Å²) < 4.78 is 5.07. The molecule has 1 atom stereocenters. The van der Waals surface area contributed by atoms with E-state index in [0.29, 0.717) is 19.4 Å². The monoisotopic (exact) mass is 294 g/mol. The van der Waals surface area contributed by atoms with Crippen LogP contribution in [0, 0.1) is 0 Å². The first-order valence-electron chi connectivity index (χ1n) is 6.85. The molecule has 0 aromatic heterocycles. The molecule has 0 saturated heterocycles. The Labute approximate surface area is 124 Å². The Kier molecular flexibility index (Phi) is 6.52. The van der Waals surface area contributed by atoms with Crippen LogP contribution in [0.5, 0.6) is 5.75 Å². The molecular weight excluding hydrogens is 272 g/mol. The second-order valence-electron chi connectivity index (χ2n) is 4.83. The summed E-state index contributed by atoms with van der Waals surface area (Å²) >= 11 is 0. The molecule has 0 spiro atoms. The highest BCUT2D eigenvalue weighted by atomic mass is 16.5. The average molecular weight is 294 g/mol. The minimum Gasteiger partial charge on any atom is -0.497 e. The van der Waals surface area contributed by atoms with Gasteiger partial charge < -0.3 is 20.1 Å². The molecule has 0 aliphatic rings. The summed E-state index contributed by atoms with van der Waals surface area (Å²) in [6, 6.07) is 6.12. The lowest BCUT2D eigenvalue weighted by Gasteiger charge is -2.21. The summed E-state index contributed by atoms with van der Waals surface area (Å²) in [7, 11) is 3.22. The molecule has 2 amide bonds. The summed E-state index contributed by atoms with van der Waals surface area (Å²) in [5.41, 5.74) is 0.941. The minimum atomic E-state index is -1.01. The topological polar surface area (TPSA) is 78.9 Å². The number of rotatable bonds is 7. The fourth-order valence-electron chi connectivity index (χ4n) is 1.88. The number of methoxy groups -OCH3 is 1. The van der Waals surface area contributed by atoms with Crippen LogP contribution in [0.15, 0.2) is 24.3 Å². The van der Waals surface area contributed by atoms with E-state index in [0.717, 1.165) is 11.3 Å². The molecule has 1 rings (SSSR count). The van der Waals surface area contributed by atoms with Gasteiger partial charge in [-0.3, -0.25) is 0 Å². The van der Waals surface area contributed by atoms with Crippen molar-refractivity contribution in [1.29, 1.82) is 0 Å². The smallest absolute Gasteiger partial charge is 0.326 e. The van der Waals surface area contributed by atoms with Crippen molar-refractivity contribution in [2.24, 2.45) is 0 Å². The van der Waals surface area contributed by atoms with E-state index in [-0.39, 0.29) is 0 Å². The van der Waals surface area contributed by atoms with Crippen LogP contribution in [0.25, 0.3) is 0 Å². The maximum atomic E-state index is 12.0. The third kappa shape index (κ3) is 5.33. The molecule has 116 valence electrons. The minimum absolute atomic E-state index is 0.397. The summed E-state index contributed by atoms with van der Waals surface area (Å²) in [5, 5.41) is 11.6. The maximum absolute atomic E-state index is 12.0. The van der Waals surface area contributed by atoms with Gasteiger partial charge in [-0.2, -0.15) is 0 Å². The number of hydrogen-bond donors (Lipinski definition) is 2. The Morgan fingerprint density at radius 3 is 2.43 bits per heavy atom. The first-order valence-corrected chi connectivity index (χ1v) is 6.85. The van der Waals surface area contributed by atoms with Crippen LogP contribution < -0.4 is 10.1 Å². The van der Waals surface area contributed by atoms with Crippen molar-refractivity contribution in [2.45, 2.75) is 32.4 Å². The predicted octanol–water partition coefficient (Wildman–Crippen LogP) is 2.09. The number of aliphatic carboxylic acids is 1. The van der Waals surface area contributed by atoms with Crippen molar-refractivity contribution < 1.29 is 19.4 Å². The third-order valence-electron chi connectivity index (χ3n) is 3.10. The van der Waals surface area contributed by atoms with E-state index in [4.69, 9.17) is 9.84 Å². The molecule has 2 N–H and O–H groups in total. The number of carboxylic acid groups (broad SMARTS) is 1. The van der Waals surface area contributed by atoms with E-state index >= 15 is 0 Å². The molecule has 6 heteroatoms. The van der Waals surface area contributed by atoms with E-state index in [1.54, 1.807) is 14.2 Å². The Hall–Kier alpha value is -2.24. The first kappa shape index (κ1) is 16.8. The fourth-order valence-corrected chi connectivity index (χ4v) is 1.88. The number of nitrogens with one attached hydrogen (secondary N) is 1. The lowest BCUT2D eigenvalue weighted by Crippen LogP contribution is -2.46. The number of amides is 2. The number of carboxylic acids is 1. The normalized spacial score (nSPS) is 11.6. The van der Waals surface area contributed by atoms with Crippen molar-refractivity contribution in [1.82, 2.24) is 10.2 Å². The lowest BCUT2D eigenvalue weighted by atomic mass is 10.2. The molecule has 0 aliphatic carbocycles. The van der Waals surface area contributed by atoms with Gasteiger partial charge in [0.1, 0.15) is 11.8 Å². The van der Waals surface area contributed by atoms with E-state index in [9.17, 15) is 9.59 Å². The number of urea groups is 1. The molecule has 6 nitrogen and oxygen atoms in total. The molecule has 1 aromatic carbocycles. The van der Waals surface area contributed by atoms with Crippen molar-refractivity contribution in [3.63, 3.8) is 0 Å². The van der Waals surface area contributed by atoms with Crippen molar-refractivity contribution >= 4 is 12.0 Å². The fraction of sp³-hybridized carbons (Fsp3) is 0.467. The van der Waals surface area contributed by atoms with Crippen LogP contribution in [-0.2, 0) is 11.3 Å². The van der Waals surface area contributed by atoms with Crippen LogP contribution in [0.1, 0.15) is 25.3 Å². The lowest BCUT2D eigenvalue weighted by molar-refractivity contribution is -0.139. The number of hydrogen-bond acceptors (Lipinski definition) is 3. The number of carbonyl (C=O) groups excluding carboxylic acids is 1. The number of carbonyl (C=O) groups is 2.